The molecular formula is C58H52O2Si. The van der Waals surface area contributed by atoms with Gasteiger partial charge < -0.3 is 9.47 Å². The maximum atomic E-state index is 8.89. The van der Waals surface area contributed by atoms with Crippen molar-refractivity contribution >= 4 is 28.8 Å². The van der Waals surface area contributed by atoms with Crippen molar-refractivity contribution in [1.82, 2.24) is 0 Å². The molecule has 10 rings (SSSR count). The van der Waals surface area contributed by atoms with Crippen LogP contribution in [0.5, 0.6) is 23.0 Å². The van der Waals surface area contributed by atoms with Crippen molar-refractivity contribution in [2.24, 2.45) is 0 Å². The summed E-state index contributed by atoms with van der Waals surface area (Å²) in [5.74, 6) is 1.35. The minimum absolute atomic E-state index is 0.0739. The standard InChI is InChI=1S/C58H52O2Si/c1-37-25-29-47-51(33-37)59-55-49(57(47,5)6)31-27-39(3)53(55)41-17-15-23-45(35-41)61(43-19-11-9-12-20-43,44-21-13-10-14-22-44)46-24-16-18-42(36-46)54-40(4)28-32-50-56(54)60-52-34-38(2)26-30-48(52)58(50,7)8/h9-36H,1-8H3/i1D3,2D3,3D3,4D3. The highest BCUT2D eigenvalue weighted by Gasteiger charge is 2.43. The monoisotopic (exact) mass is 820 g/mol. The minimum Gasteiger partial charge on any atom is -0.456 e. The van der Waals surface area contributed by atoms with E-state index in [4.69, 9.17) is 25.9 Å². The van der Waals surface area contributed by atoms with Gasteiger partial charge in [-0.3, -0.25) is 0 Å². The van der Waals surface area contributed by atoms with E-state index >= 15 is 0 Å². The molecule has 2 aliphatic heterocycles. The molecule has 2 heterocycles. The largest absolute Gasteiger partial charge is 0.456 e. The summed E-state index contributed by atoms with van der Waals surface area (Å²) in [5, 5.41) is 3.78. The molecule has 61 heavy (non-hydrogen) atoms. The normalized spacial score (nSPS) is 18.2. The Hall–Kier alpha value is -6.42. The van der Waals surface area contributed by atoms with Crippen LogP contribution < -0.4 is 30.2 Å². The molecule has 0 N–H and O–H groups in total. The van der Waals surface area contributed by atoms with Gasteiger partial charge in [0.15, 0.2) is 8.07 Å². The third kappa shape index (κ3) is 6.04. The first-order valence-corrected chi connectivity index (χ1v) is 22.6. The van der Waals surface area contributed by atoms with Gasteiger partial charge in [0.1, 0.15) is 23.0 Å². The van der Waals surface area contributed by atoms with Gasteiger partial charge in [-0.25, -0.2) is 0 Å². The van der Waals surface area contributed by atoms with Crippen molar-refractivity contribution in [2.45, 2.75) is 65.9 Å². The van der Waals surface area contributed by atoms with Crippen LogP contribution in [0.4, 0.5) is 0 Å². The summed E-state index contributed by atoms with van der Waals surface area (Å²) < 4.78 is 116. The zero-order valence-electron chi connectivity index (χ0n) is 46.5. The van der Waals surface area contributed by atoms with Gasteiger partial charge in [0.2, 0.25) is 0 Å². The van der Waals surface area contributed by atoms with Crippen LogP contribution in [-0.4, -0.2) is 8.07 Å². The summed E-state index contributed by atoms with van der Waals surface area (Å²) in [6, 6.07) is 52.9. The second-order valence-corrected chi connectivity index (χ2v) is 21.1. The molecule has 0 radical (unpaired) electrons. The van der Waals surface area contributed by atoms with Crippen LogP contribution in [0.3, 0.4) is 0 Å². The minimum atomic E-state index is -3.54. The molecule has 0 unspecified atom stereocenters. The van der Waals surface area contributed by atoms with Crippen LogP contribution in [0.15, 0.2) is 170 Å². The maximum Gasteiger partial charge on any atom is 0.179 e. The number of benzene rings is 8. The Kier molecular flexibility index (Phi) is 6.45. The molecule has 2 nitrogen and oxygen atoms in total. The van der Waals surface area contributed by atoms with Crippen molar-refractivity contribution in [1.29, 1.82) is 0 Å². The van der Waals surface area contributed by atoms with E-state index in [1.54, 1.807) is 48.5 Å². The van der Waals surface area contributed by atoms with E-state index < -0.39 is 46.3 Å². The Morgan fingerprint density at radius 3 is 1.21 bits per heavy atom. The first-order valence-electron chi connectivity index (χ1n) is 26.6. The molecule has 0 fully saturated rings. The lowest BCUT2D eigenvalue weighted by Gasteiger charge is -2.37. The molecule has 0 aromatic heterocycles. The van der Waals surface area contributed by atoms with E-state index in [9.17, 15) is 0 Å². The lowest BCUT2D eigenvalue weighted by molar-refractivity contribution is 0.418. The van der Waals surface area contributed by atoms with Crippen molar-refractivity contribution in [3.63, 3.8) is 0 Å². The third-order valence-corrected chi connectivity index (χ3v) is 17.7. The van der Waals surface area contributed by atoms with E-state index in [-0.39, 0.29) is 22.3 Å². The predicted octanol–water partition coefficient (Wildman–Crippen LogP) is 12.5. The summed E-state index contributed by atoms with van der Waals surface area (Å²) in [5.41, 5.74) is 3.87. The van der Waals surface area contributed by atoms with E-state index in [1.807, 2.05) is 88.4 Å². The topological polar surface area (TPSA) is 18.5 Å². The SMILES string of the molecule is [2H]C([2H])([2H])c1ccc2c(c1)Oc1c(ccc(C([2H])([2H])[2H])c1-c1cccc([Si](c3ccccc3)(c3ccccc3)c3cccc(-c4c(C([2H])([2H])[2H])ccc5c4Oc4cc(C([2H])([2H])[2H])ccc4C5(C)C)c3)c1)C2(C)C. The van der Waals surface area contributed by atoms with Gasteiger partial charge in [-0.1, -0.05) is 185 Å². The molecule has 0 amide bonds. The lowest BCUT2D eigenvalue weighted by Crippen LogP contribution is -2.74. The van der Waals surface area contributed by atoms with Gasteiger partial charge in [0, 0.05) is 60.7 Å². The molecule has 3 heteroatoms. The molecular weight excluding hydrogens is 757 g/mol. The van der Waals surface area contributed by atoms with Crippen molar-refractivity contribution in [2.75, 3.05) is 0 Å². The fraction of sp³-hybridized carbons (Fsp3) is 0.172. The molecule has 0 saturated carbocycles. The Morgan fingerprint density at radius 2 is 0.803 bits per heavy atom. The first-order chi connectivity index (χ1) is 34.2. The number of hydrogen-bond acceptors (Lipinski definition) is 2. The summed E-state index contributed by atoms with van der Waals surface area (Å²) in [7, 11) is -3.54. The van der Waals surface area contributed by atoms with Crippen molar-refractivity contribution in [3.05, 3.63) is 214 Å². The molecule has 0 atom stereocenters. The fourth-order valence-electron chi connectivity index (χ4n) is 9.88. The Labute approximate surface area is 379 Å². The molecule has 0 aliphatic carbocycles. The lowest BCUT2D eigenvalue weighted by atomic mass is 9.74. The van der Waals surface area contributed by atoms with Gasteiger partial charge in [-0.15, -0.1) is 0 Å². The number of rotatable bonds is 6. The Balaban J connectivity index is 1.24. The zero-order chi connectivity index (χ0) is 52.3. The molecule has 2 aliphatic rings. The second kappa shape index (κ2) is 14.4. The van der Waals surface area contributed by atoms with Crippen LogP contribution in [0.25, 0.3) is 22.3 Å². The number of fused-ring (bicyclic) bond motifs is 4. The van der Waals surface area contributed by atoms with Crippen LogP contribution >= 0.6 is 0 Å². The van der Waals surface area contributed by atoms with Gasteiger partial charge in [0.25, 0.3) is 0 Å². The first kappa shape index (κ1) is 27.4. The Bertz CT molecular complexity index is 3230. The molecule has 300 valence electrons. The molecule has 0 saturated heterocycles. The van der Waals surface area contributed by atoms with Crippen molar-refractivity contribution in [3.8, 4) is 45.3 Å². The van der Waals surface area contributed by atoms with E-state index in [0.717, 1.165) is 43.0 Å². The number of ether oxygens (including phenoxy) is 2. The van der Waals surface area contributed by atoms with E-state index in [1.165, 1.54) is 12.1 Å². The number of hydrogen-bond donors (Lipinski definition) is 0. The summed E-state index contributed by atoms with van der Waals surface area (Å²) in [6.45, 7) is -1.90. The number of aryl methyl sites for hydroxylation is 4. The van der Waals surface area contributed by atoms with Crippen LogP contribution in [0.1, 0.15) is 88.7 Å². The van der Waals surface area contributed by atoms with E-state index in [2.05, 4.69) is 48.5 Å². The smallest absolute Gasteiger partial charge is 0.179 e. The van der Waals surface area contributed by atoms with E-state index in [0.29, 0.717) is 45.3 Å². The quantitative estimate of drug-likeness (QED) is 0.123. The highest BCUT2D eigenvalue weighted by molar-refractivity contribution is 7.20. The molecule has 8 aromatic carbocycles. The average Bonchev–Trinajstić information content (AvgIpc) is 3.33. The summed E-state index contributed by atoms with van der Waals surface area (Å²) >= 11 is 0. The fourth-order valence-corrected chi connectivity index (χ4v) is 14.7. The molecule has 0 bridgehead atoms. The molecule has 0 spiro atoms. The third-order valence-electron chi connectivity index (χ3n) is 13.0. The van der Waals surface area contributed by atoms with Gasteiger partial charge >= 0.3 is 0 Å². The second-order valence-electron chi connectivity index (χ2n) is 17.2. The zero-order valence-corrected chi connectivity index (χ0v) is 35.5. The highest BCUT2D eigenvalue weighted by atomic mass is 28.3. The van der Waals surface area contributed by atoms with Crippen LogP contribution in [-0.2, 0) is 10.8 Å². The summed E-state index contributed by atoms with van der Waals surface area (Å²) in [4.78, 5) is 0. The van der Waals surface area contributed by atoms with Gasteiger partial charge in [-0.05, 0) is 93.7 Å². The van der Waals surface area contributed by atoms with Gasteiger partial charge in [-0.2, -0.15) is 0 Å². The predicted molar refractivity (Wildman–Crippen MR) is 257 cm³/mol. The van der Waals surface area contributed by atoms with Crippen LogP contribution in [0.2, 0.25) is 0 Å². The summed E-state index contributed by atoms with van der Waals surface area (Å²) in [6.07, 6.45) is 0. The average molecular weight is 821 g/mol. The van der Waals surface area contributed by atoms with Gasteiger partial charge in [0.05, 0.1) is 0 Å². The maximum absolute atomic E-state index is 8.89. The van der Waals surface area contributed by atoms with Crippen LogP contribution in [0, 0.1) is 27.4 Å². The molecule has 8 aromatic rings. The Morgan fingerprint density at radius 1 is 0.393 bits per heavy atom. The highest BCUT2D eigenvalue weighted by Crippen LogP contribution is 2.54. The van der Waals surface area contributed by atoms with Crippen molar-refractivity contribution < 1.29 is 25.9 Å².